The zero-order valence-electron chi connectivity index (χ0n) is 9.91. The number of hydrogen-bond acceptors (Lipinski definition) is 4. The third kappa shape index (κ3) is 3.95. The number of nitriles is 1. The Morgan fingerprint density at radius 1 is 1.50 bits per heavy atom. The number of aliphatic hydroxyl groups excluding tert-OH is 1. The van der Waals surface area contributed by atoms with Gasteiger partial charge in [-0.05, 0) is 17.7 Å². The molecule has 0 bridgehead atoms. The molecule has 2 N–H and O–H groups in total. The van der Waals surface area contributed by atoms with Crippen LogP contribution in [0, 0.1) is 11.3 Å². The van der Waals surface area contributed by atoms with Crippen molar-refractivity contribution in [2.45, 2.75) is 12.5 Å². The lowest BCUT2D eigenvalue weighted by molar-refractivity contribution is -0.0477. The van der Waals surface area contributed by atoms with E-state index in [9.17, 15) is 8.78 Å². The van der Waals surface area contributed by atoms with Crippen molar-refractivity contribution in [1.29, 1.82) is 5.26 Å². The molecular formula is C12H14F2N2O2. The predicted molar refractivity (Wildman–Crippen MR) is 61.4 cm³/mol. The van der Waals surface area contributed by atoms with Crippen LogP contribution in [0.15, 0.2) is 18.2 Å². The molecule has 0 amide bonds. The van der Waals surface area contributed by atoms with E-state index in [4.69, 9.17) is 15.1 Å². The fourth-order valence-electron chi connectivity index (χ4n) is 1.38. The lowest BCUT2D eigenvalue weighted by Gasteiger charge is -2.14. The highest BCUT2D eigenvalue weighted by atomic mass is 19.3. The molecule has 6 heteroatoms. The van der Waals surface area contributed by atoms with Crippen molar-refractivity contribution in [1.82, 2.24) is 5.32 Å². The number of hydrogen-bond donors (Lipinski definition) is 2. The minimum atomic E-state index is -3.13. The molecular weight excluding hydrogens is 242 g/mol. The number of halogens is 2. The molecule has 1 aromatic rings. The second kappa shape index (κ2) is 6.28. The Morgan fingerprint density at radius 2 is 2.22 bits per heavy atom. The molecule has 4 nitrogen and oxygen atoms in total. The van der Waals surface area contributed by atoms with E-state index < -0.39 is 19.1 Å². The van der Waals surface area contributed by atoms with Crippen molar-refractivity contribution in [2.75, 3.05) is 20.3 Å². The Kier molecular flexibility index (Phi) is 5.01. The van der Waals surface area contributed by atoms with Gasteiger partial charge in [-0.25, -0.2) is 8.78 Å². The molecule has 0 radical (unpaired) electrons. The molecule has 1 aromatic carbocycles. The van der Waals surface area contributed by atoms with Gasteiger partial charge in [0.25, 0.3) is 5.92 Å². The van der Waals surface area contributed by atoms with Crippen LogP contribution in [0.4, 0.5) is 8.78 Å². The molecule has 0 aromatic heterocycles. The van der Waals surface area contributed by atoms with Gasteiger partial charge in [0.2, 0.25) is 0 Å². The average molecular weight is 256 g/mol. The number of nitrogens with zero attached hydrogens (tertiary/aromatic N) is 1. The molecule has 0 aliphatic carbocycles. The smallest absolute Gasteiger partial charge is 0.282 e. The minimum absolute atomic E-state index is 0.206. The lowest BCUT2D eigenvalue weighted by atomic mass is 10.1. The lowest BCUT2D eigenvalue weighted by Crippen LogP contribution is -2.35. The highest BCUT2D eigenvalue weighted by Gasteiger charge is 2.26. The van der Waals surface area contributed by atoms with Crippen LogP contribution in [0.3, 0.4) is 0 Å². The van der Waals surface area contributed by atoms with Gasteiger partial charge in [-0.1, -0.05) is 6.07 Å². The van der Waals surface area contributed by atoms with Gasteiger partial charge in [0, 0.05) is 6.54 Å². The Morgan fingerprint density at radius 3 is 2.78 bits per heavy atom. The summed E-state index contributed by atoms with van der Waals surface area (Å²) in [6.07, 6.45) is 0. The zero-order valence-corrected chi connectivity index (χ0v) is 9.91. The summed E-state index contributed by atoms with van der Waals surface area (Å²) in [5.74, 6) is -2.72. The molecule has 0 atom stereocenters. The first-order valence-electron chi connectivity index (χ1n) is 5.29. The first kappa shape index (κ1) is 14.4. The Hall–Kier alpha value is -1.71. The Balaban J connectivity index is 2.61. The van der Waals surface area contributed by atoms with Gasteiger partial charge >= 0.3 is 0 Å². The highest BCUT2D eigenvalue weighted by Crippen LogP contribution is 2.19. The van der Waals surface area contributed by atoms with Crippen molar-refractivity contribution in [3.8, 4) is 11.8 Å². The van der Waals surface area contributed by atoms with Gasteiger partial charge in [-0.2, -0.15) is 5.26 Å². The molecule has 0 aliphatic heterocycles. The fourth-order valence-corrected chi connectivity index (χ4v) is 1.38. The van der Waals surface area contributed by atoms with E-state index >= 15 is 0 Å². The summed E-state index contributed by atoms with van der Waals surface area (Å²) < 4.78 is 30.5. The minimum Gasteiger partial charge on any atom is -0.495 e. The second-order valence-corrected chi connectivity index (χ2v) is 3.76. The normalized spacial score (nSPS) is 11.1. The van der Waals surface area contributed by atoms with Gasteiger partial charge in [0.15, 0.2) is 0 Å². The number of rotatable bonds is 6. The monoisotopic (exact) mass is 256 g/mol. The van der Waals surface area contributed by atoms with Crippen molar-refractivity contribution in [3.63, 3.8) is 0 Å². The molecule has 0 unspecified atom stereocenters. The maximum atomic E-state index is 12.7. The summed E-state index contributed by atoms with van der Waals surface area (Å²) in [7, 11) is 1.44. The SMILES string of the molecule is COc1cc(CNCC(F)(F)CO)ccc1C#N. The number of alkyl halides is 2. The predicted octanol–water partition coefficient (Wildman–Crippen LogP) is 1.28. The average Bonchev–Trinajstić information content (AvgIpc) is 2.38. The second-order valence-electron chi connectivity index (χ2n) is 3.76. The molecule has 0 saturated heterocycles. The van der Waals surface area contributed by atoms with Crippen LogP contribution in [0.25, 0.3) is 0 Å². The van der Waals surface area contributed by atoms with Crippen molar-refractivity contribution < 1.29 is 18.6 Å². The topological polar surface area (TPSA) is 65.3 Å². The maximum absolute atomic E-state index is 12.7. The van der Waals surface area contributed by atoms with Gasteiger partial charge in [0.1, 0.15) is 18.4 Å². The standard InChI is InChI=1S/C12H14F2N2O2/c1-18-11-4-9(2-3-10(11)5-15)6-16-7-12(13,14)8-17/h2-4,16-17H,6-8H2,1H3. The zero-order chi connectivity index (χ0) is 13.6. The van der Waals surface area contributed by atoms with E-state index in [1.165, 1.54) is 7.11 Å². The summed E-state index contributed by atoms with van der Waals surface area (Å²) >= 11 is 0. The number of benzene rings is 1. The van der Waals surface area contributed by atoms with Crippen LogP contribution in [0.1, 0.15) is 11.1 Å². The molecule has 0 aliphatic rings. The van der Waals surface area contributed by atoms with Crippen LogP contribution >= 0.6 is 0 Å². The largest absolute Gasteiger partial charge is 0.495 e. The Labute approximate surface area is 104 Å². The van der Waals surface area contributed by atoms with Crippen LogP contribution < -0.4 is 10.1 Å². The molecule has 98 valence electrons. The van der Waals surface area contributed by atoms with Crippen molar-refractivity contribution >= 4 is 0 Å². The fraction of sp³-hybridized carbons (Fsp3) is 0.417. The summed E-state index contributed by atoms with van der Waals surface area (Å²) in [4.78, 5) is 0. The highest BCUT2D eigenvalue weighted by molar-refractivity contribution is 5.45. The number of ether oxygens (including phenoxy) is 1. The van der Waals surface area contributed by atoms with Crippen molar-refractivity contribution in [3.05, 3.63) is 29.3 Å². The molecule has 0 saturated carbocycles. The van der Waals surface area contributed by atoms with Crippen molar-refractivity contribution in [2.24, 2.45) is 0 Å². The van der Waals surface area contributed by atoms with Crippen LogP contribution in [-0.2, 0) is 6.54 Å². The van der Waals surface area contributed by atoms with E-state index in [0.717, 1.165) is 5.56 Å². The third-order valence-corrected chi connectivity index (χ3v) is 2.33. The number of methoxy groups -OCH3 is 1. The molecule has 18 heavy (non-hydrogen) atoms. The van der Waals surface area contributed by atoms with E-state index in [0.29, 0.717) is 11.3 Å². The third-order valence-electron chi connectivity index (χ3n) is 2.33. The van der Waals surface area contributed by atoms with Gasteiger partial charge in [-0.15, -0.1) is 0 Å². The van der Waals surface area contributed by atoms with Crippen LogP contribution in [0.5, 0.6) is 5.75 Å². The molecule has 0 spiro atoms. The van der Waals surface area contributed by atoms with Crippen LogP contribution in [0.2, 0.25) is 0 Å². The molecule has 1 rings (SSSR count). The Bertz CT molecular complexity index is 444. The van der Waals surface area contributed by atoms with Gasteiger partial charge < -0.3 is 15.2 Å². The first-order valence-corrected chi connectivity index (χ1v) is 5.29. The van der Waals surface area contributed by atoms with Crippen LogP contribution in [-0.4, -0.2) is 31.3 Å². The maximum Gasteiger partial charge on any atom is 0.282 e. The molecule has 0 heterocycles. The summed E-state index contributed by atoms with van der Waals surface area (Å²) in [6, 6.07) is 6.81. The number of nitrogens with one attached hydrogen (secondary N) is 1. The van der Waals surface area contributed by atoms with E-state index in [2.05, 4.69) is 5.32 Å². The summed E-state index contributed by atoms with van der Waals surface area (Å²) in [5.41, 5.74) is 1.11. The van der Waals surface area contributed by atoms with Gasteiger partial charge in [-0.3, -0.25) is 0 Å². The number of aliphatic hydroxyl groups is 1. The summed E-state index contributed by atoms with van der Waals surface area (Å²) in [5, 5.41) is 19.7. The quantitative estimate of drug-likeness (QED) is 0.804. The van der Waals surface area contributed by atoms with Gasteiger partial charge in [0.05, 0.1) is 19.2 Å². The van der Waals surface area contributed by atoms with E-state index in [1.54, 1.807) is 18.2 Å². The summed E-state index contributed by atoms with van der Waals surface area (Å²) in [6.45, 7) is -1.58. The van der Waals surface area contributed by atoms with E-state index in [1.807, 2.05) is 6.07 Å². The first-order chi connectivity index (χ1) is 8.52. The molecule has 0 fully saturated rings. The van der Waals surface area contributed by atoms with E-state index in [-0.39, 0.29) is 6.54 Å².